The van der Waals surface area contributed by atoms with Crippen molar-refractivity contribution in [2.24, 2.45) is 5.92 Å². The molecular weight excluding hydrogens is 350 g/mol. The summed E-state index contributed by atoms with van der Waals surface area (Å²) in [5.74, 6) is 0.937. The van der Waals surface area contributed by atoms with Crippen LogP contribution in [-0.2, 0) is 16.1 Å². The number of ether oxygens (including phenoxy) is 1. The van der Waals surface area contributed by atoms with Gasteiger partial charge in [-0.15, -0.1) is 0 Å². The maximum atomic E-state index is 13.1. The van der Waals surface area contributed by atoms with Gasteiger partial charge in [-0.25, -0.2) is 0 Å². The summed E-state index contributed by atoms with van der Waals surface area (Å²) in [6, 6.07) is 4.96. The maximum Gasteiger partial charge on any atom is 0.224 e. The Morgan fingerprint density at radius 3 is 2.64 bits per heavy atom. The number of piperidine rings is 2. The number of carbonyl (C=O) groups excluding carboxylic acids is 1. The van der Waals surface area contributed by atoms with Crippen LogP contribution in [0.5, 0.6) is 0 Å². The molecule has 5 nitrogen and oxygen atoms in total. The molecule has 2 unspecified atom stereocenters. The molecule has 3 heterocycles. The lowest BCUT2D eigenvalue weighted by atomic mass is 9.83. The van der Waals surface area contributed by atoms with E-state index < -0.39 is 0 Å². The second-order valence-electron chi connectivity index (χ2n) is 8.71. The summed E-state index contributed by atoms with van der Waals surface area (Å²) in [5, 5.41) is 0. The summed E-state index contributed by atoms with van der Waals surface area (Å²) in [7, 11) is 1.74. The lowest BCUT2D eigenvalue weighted by Gasteiger charge is -2.45. The van der Waals surface area contributed by atoms with E-state index in [0.29, 0.717) is 24.3 Å². The highest BCUT2D eigenvalue weighted by molar-refractivity contribution is 5.76. The molecule has 158 valence electrons. The minimum atomic E-state index is 0.302. The van der Waals surface area contributed by atoms with Crippen molar-refractivity contribution in [2.45, 2.75) is 71.4 Å². The third-order valence-corrected chi connectivity index (χ3v) is 6.78. The van der Waals surface area contributed by atoms with Crippen molar-refractivity contribution in [3.63, 3.8) is 0 Å². The van der Waals surface area contributed by atoms with Gasteiger partial charge in [0.15, 0.2) is 0 Å². The van der Waals surface area contributed by atoms with Crippen molar-refractivity contribution in [3.05, 3.63) is 23.5 Å². The summed E-state index contributed by atoms with van der Waals surface area (Å²) in [6.45, 7) is 9.99. The first kappa shape index (κ1) is 21.4. The zero-order chi connectivity index (χ0) is 19.9. The Hall–Kier alpha value is -1.33. The molecular formula is C23H39N3O2. The van der Waals surface area contributed by atoms with E-state index in [4.69, 9.17) is 4.74 Å². The second-order valence-corrected chi connectivity index (χ2v) is 8.71. The first-order valence-corrected chi connectivity index (χ1v) is 11.2. The van der Waals surface area contributed by atoms with Gasteiger partial charge in [0.05, 0.1) is 0 Å². The Bertz CT molecular complexity index is 606. The van der Waals surface area contributed by atoms with Gasteiger partial charge in [-0.1, -0.05) is 6.42 Å². The van der Waals surface area contributed by atoms with Crippen LogP contribution in [0.25, 0.3) is 0 Å². The Kier molecular flexibility index (Phi) is 7.98. The van der Waals surface area contributed by atoms with Crippen molar-refractivity contribution in [1.82, 2.24) is 14.4 Å². The third kappa shape index (κ3) is 5.38. The lowest BCUT2D eigenvalue weighted by molar-refractivity contribution is -0.133. The Balaban J connectivity index is 1.61. The fraction of sp³-hybridized carbons (Fsp3) is 0.783. The minimum absolute atomic E-state index is 0.302. The topological polar surface area (TPSA) is 37.7 Å². The summed E-state index contributed by atoms with van der Waals surface area (Å²) in [5.41, 5.74) is 2.47. The van der Waals surface area contributed by atoms with Crippen molar-refractivity contribution in [3.8, 4) is 0 Å². The molecule has 2 fully saturated rings. The number of rotatable bonds is 9. The molecule has 0 aromatic carbocycles. The lowest BCUT2D eigenvalue weighted by Crippen LogP contribution is -2.51. The van der Waals surface area contributed by atoms with E-state index >= 15 is 0 Å². The number of fused-ring (bicyclic) bond motifs is 1. The van der Waals surface area contributed by atoms with Gasteiger partial charge in [0.2, 0.25) is 5.91 Å². The first-order valence-electron chi connectivity index (χ1n) is 11.2. The summed E-state index contributed by atoms with van der Waals surface area (Å²) < 4.78 is 7.51. The Morgan fingerprint density at radius 2 is 1.89 bits per heavy atom. The van der Waals surface area contributed by atoms with E-state index in [-0.39, 0.29) is 0 Å². The zero-order valence-electron chi connectivity index (χ0n) is 18.2. The van der Waals surface area contributed by atoms with Crippen molar-refractivity contribution in [1.29, 1.82) is 0 Å². The monoisotopic (exact) mass is 389 g/mol. The molecule has 1 aromatic heterocycles. The number of amides is 1. The molecule has 0 saturated carbocycles. The number of methoxy groups -OCH3 is 1. The van der Waals surface area contributed by atoms with Crippen LogP contribution in [0.15, 0.2) is 12.1 Å². The molecule has 3 rings (SSSR count). The first-order chi connectivity index (χ1) is 13.6. The zero-order valence-corrected chi connectivity index (χ0v) is 18.2. The SMILES string of the molecule is COCCCN(CC1CCCN2CCCCC12)C(=O)CCn1c(C)ccc1C. The van der Waals surface area contributed by atoms with Gasteiger partial charge in [-0.2, -0.15) is 0 Å². The van der Waals surface area contributed by atoms with Crippen molar-refractivity contribution >= 4 is 5.91 Å². The van der Waals surface area contributed by atoms with Crippen LogP contribution in [0.1, 0.15) is 56.3 Å². The fourth-order valence-electron chi connectivity index (χ4n) is 5.21. The third-order valence-electron chi connectivity index (χ3n) is 6.78. The quantitative estimate of drug-likeness (QED) is 0.606. The van der Waals surface area contributed by atoms with E-state index in [0.717, 1.165) is 32.7 Å². The normalized spacial score (nSPS) is 22.8. The van der Waals surface area contributed by atoms with E-state index in [2.05, 4.69) is 40.3 Å². The van der Waals surface area contributed by atoms with E-state index in [9.17, 15) is 4.79 Å². The summed E-state index contributed by atoms with van der Waals surface area (Å²) in [4.78, 5) is 18.0. The average molecular weight is 390 g/mol. The largest absolute Gasteiger partial charge is 0.385 e. The molecule has 28 heavy (non-hydrogen) atoms. The predicted molar refractivity (Wildman–Crippen MR) is 114 cm³/mol. The molecule has 0 N–H and O–H groups in total. The second kappa shape index (κ2) is 10.4. The number of hydrogen-bond donors (Lipinski definition) is 0. The Morgan fingerprint density at radius 1 is 1.14 bits per heavy atom. The molecule has 0 radical (unpaired) electrons. The number of aryl methyl sites for hydroxylation is 2. The molecule has 2 aliphatic heterocycles. The highest BCUT2D eigenvalue weighted by atomic mass is 16.5. The average Bonchev–Trinajstić information content (AvgIpc) is 3.03. The van der Waals surface area contributed by atoms with Crippen molar-refractivity contribution < 1.29 is 9.53 Å². The van der Waals surface area contributed by atoms with Crippen LogP contribution in [-0.4, -0.2) is 66.2 Å². The van der Waals surface area contributed by atoms with Crippen LogP contribution in [0.2, 0.25) is 0 Å². The molecule has 1 amide bonds. The summed E-state index contributed by atoms with van der Waals surface area (Å²) in [6.07, 6.45) is 8.06. The van der Waals surface area contributed by atoms with Gasteiger partial charge < -0.3 is 19.1 Å². The van der Waals surface area contributed by atoms with Gasteiger partial charge >= 0.3 is 0 Å². The number of hydrogen-bond acceptors (Lipinski definition) is 3. The Labute approximate surface area is 171 Å². The van der Waals surface area contributed by atoms with E-state index in [1.54, 1.807) is 7.11 Å². The van der Waals surface area contributed by atoms with Gasteiger partial charge in [0.25, 0.3) is 0 Å². The minimum Gasteiger partial charge on any atom is -0.385 e. The molecule has 0 aliphatic carbocycles. The van der Waals surface area contributed by atoms with Crippen LogP contribution in [0.3, 0.4) is 0 Å². The standard InChI is InChI=1S/C23H39N3O2/c1-19-10-11-20(2)26(19)16-12-23(27)25(15-7-17-28-3)18-21-8-6-14-24-13-5-4-9-22(21)24/h10-11,21-22H,4-9,12-18H2,1-3H3. The molecule has 2 atom stereocenters. The molecule has 1 aromatic rings. The molecule has 0 bridgehead atoms. The fourth-order valence-corrected chi connectivity index (χ4v) is 5.21. The van der Waals surface area contributed by atoms with Crippen LogP contribution in [0, 0.1) is 19.8 Å². The number of aromatic nitrogens is 1. The van der Waals surface area contributed by atoms with Gasteiger partial charge in [-0.05, 0) is 77.1 Å². The highest BCUT2D eigenvalue weighted by Gasteiger charge is 2.34. The molecule has 2 saturated heterocycles. The maximum absolute atomic E-state index is 13.1. The number of nitrogens with zero attached hydrogens (tertiary/aromatic N) is 3. The number of carbonyl (C=O) groups is 1. The van der Waals surface area contributed by atoms with Crippen molar-refractivity contribution in [2.75, 3.05) is 39.9 Å². The van der Waals surface area contributed by atoms with Gasteiger partial charge in [0.1, 0.15) is 0 Å². The molecule has 2 aliphatic rings. The van der Waals surface area contributed by atoms with Crippen LogP contribution in [0.4, 0.5) is 0 Å². The highest BCUT2D eigenvalue weighted by Crippen LogP contribution is 2.31. The predicted octanol–water partition coefficient (Wildman–Crippen LogP) is 3.62. The smallest absolute Gasteiger partial charge is 0.224 e. The van der Waals surface area contributed by atoms with Crippen LogP contribution >= 0.6 is 0 Å². The van der Waals surface area contributed by atoms with Gasteiger partial charge in [0, 0.05) is 57.2 Å². The summed E-state index contributed by atoms with van der Waals surface area (Å²) >= 11 is 0. The molecule has 0 spiro atoms. The van der Waals surface area contributed by atoms with E-state index in [1.165, 1.54) is 56.6 Å². The van der Waals surface area contributed by atoms with Crippen LogP contribution < -0.4 is 0 Å². The van der Waals surface area contributed by atoms with E-state index in [1.807, 2.05) is 0 Å². The van der Waals surface area contributed by atoms with Gasteiger partial charge in [-0.3, -0.25) is 4.79 Å². The molecule has 5 heteroatoms.